The molecule has 0 heterocycles. The molecule has 0 aliphatic carbocycles. The van der Waals surface area contributed by atoms with Crippen molar-refractivity contribution in [2.45, 2.75) is 6.54 Å². The van der Waals surface area contributed by atoms with Gasteiger partial charge in [0.2, 0.25) is 5.91 Å². The first kappa shape index (κ1) is 14.9. The molecule has 5 heteroatoms. The Labute approximate surface area is 112 Å². The second-order valence-corrected chi connectivity index (χ2v) is 4.11. The standard InChI is InChI=1S/C14H18N2O3/c1-2-8-16(10-12-6-4-3-5-7-12)11-13(17)15-9-14(18)19/h2-7H,1,8-11H2,(H,15,17)(H,18,19). The molecule has 0 spiro atoms. The minimum Gasteiger partial charge on any atom is -0.480 e. The van der Waals surface area contributed by atoms with Crippen LogP contribution in [0.2, 0.25) is 0 Å². The monoisotopic (exact) mass is 262 g/mol. The van der Waals surface area contributed by atoms with Crippen LogP contribution in [-0.2, 0) is 16.1 Å². The molecule has 1 aromatic carbocycles. The molecule has 0 unspecified atom stereocenters. The normalized spacial score (nSPS) is 10.2. The zero-order valence-corrected chi connectivity index (χ0v) is 10.7. The lowest BCUT2D eigenvalue weighted by molar-refractivity contribution is -0.138. The fourth-order valence-electron chi connectivity index (χ4n) is 1.64. The molecule has 19 heavy (non-hydrogen) atoms. The van der Waals surface area contributed by atoms with E-state index in [2.05, 4.69) is 11.9 Å². The minimum absolute atomic E-state index is 0.147. The van der Waals surface area contributed by atoms with Gasteiger partial charge < -0.3 is 10.4 Å². The maximum absolute atomic E-state index is 11.6. The van der Waals surface area contributed by atoms with E-state index in [-0.39, 0.29) is 19.0 Å². The van der Waals surface area contributed by atoms with E-state index in [1.807, 2.05) is 35.2 Å². The summed E-state index contributed by atoms with van der Waals surface area (Å²) in [5.74, 6) is -1.35. The molecule has 1 aromatic rings. The number of hydrogen-bond donors (Lipinski definition) is 2. The van der Waals surface area contributed by atoms with E-state index in [4.69, 9.17) is 5.11 Å². The molecule has 0 atom stereocenters. The number of carbonyl (C=O) groups excluding carboxylic acids is 1. The van der Waals surface area contributed by atoms with Crippen LogP contribution in [0.25, 0.3) is 0 Å². The van der Waals surface area contributed by atoms with Crippen LogP contribution < -0.4 is 5.32 Å². The molecule has 2 N–H and O–H groups in total. The summed E-state index contributed by atoms with van der Waals surface area (Å²) in [4.78, 5) is 23.8. The number of aliphatic carboxylic acids is 1. The van der Waals surface area contributed by atoms with Gasteiger partial charge in [-0.2, -0.15) is 0 Å². The third-order valence-corrected chi connectivity index (χ3v) is 2.44. The zero-order chi connectivity index (χ0) is 14.1. The fourth-order valence-corrected chi connectivity index (χ4v) is 1.64. The number of carboxylic acids is 1. The SMILES string of the molecule is C=CCN(CC(=O)NCC(=O)O)Cc1ccccc1. The average molecular weight is 262 g/mol. The van der Waals surface area contributed by atoms with Gasteiger partial charge in [0, 0.05) is 13.1 Å². The van der Waals surface area contributed by atoms with Gasteiger partial charge in [-0.25, -0.2) is 0 Å². The van der Waals surface area contributed by atoms with Crippen molar-refractivity contribution in [2.75, 3.05) is 19.6 Å². The summed E-state index contributed by atoms with van der Waals surface area (Å²) in [7, 11) is 0. The van der Waals surface area contributed by atoms with Crippen molar-refractivity contribution >= 4 is 11.9 Å². The molecule has 0 aromatic heterocycles. The first-order chi connectivity index (χ1) is 9.11. The van der Waals surface area contributed by atoms with Crippen LogP contribution in [0.4, 0.5) is 0 Å². The molecule has 5 nitrogen and oxygen atoms in total. The topological polar surface area (TPSA) is 69.6 Å². The zero-order valence-electron chi connectivity index (χ0n) is 10.7. The Bertz CT molecular complexity index is 432. The third kappa shape index (κ3) is 6.38. The molecule has 0 aliphatic heterocycles. The van der Waals surface area contributed by atoms with E-state index in [9.17, 15) is 9.59 Å². The van der Waals surface area contributed by atoms with Crippen LogP contribution >= 0.6 is 0 Å². The van der Waals surface area contributed by atoms with Crippen molar-refractivity contribution in [2.24, 2.45) is 0 Å². The van der Waals surface area contributed by atoms with Crippen LogP contribution in [0, 0.1) is 0 Å². The van der Waals surface area contributed by atoms with Crippen LogP contribution in [-0.4, -0.2) is 41.5 Å². The van der Waals surface area contributed by atoms with Crippen molar-refractivity contribution < 1.29 is 14.7 Å². The largest absolute Gasteiger partial charge is 0.480 e. The van der Waals surface area contributed by atoms with Crippen molar-refractivity contribution in [1.82, 2.24) is 10.2 Å². The number of rotatable bonds is 8. The van der Waals surface area contributed by atoms with Crippen LogP contribution in [0.1, 0.15) is 5.56 Å². The van der Waals surface area contributed by atoms with E-state index in [1.54, 1.807) is 6.08 Å². The quantitative estimate of drug-likeness (QED) is 0.682. The number of carbonyl (C=O) groups is 2. The van der Waals surface area contributed by atoms with Gasteiger partial charge in [-0.1, -0.05) is 36.4 Å². The fraction of sp³-hybridized carbons (Fsp3) is 0.286. The molecule has 1 rings (SSSR count). The third-order valence-electron chi connectivity index (χ3n) is 2.44. The summed E-state index contributed by atoms with van der Waals surface area (Å²) in [5.41, 5.74) is 1.09. The van der Waals surface area contributed by atoms with Gasteiger partial charge >= 0.3 is 5.97 Å². The maximum atomic E-state index is 11.6. The molecule has 0 aliphatic rings. The number of carboxylic acid groups (broad SMARTS) is 1. The highest BCUT2D eigenvalue weighted by Gasteiger charge is 2.10. The summed E-state index contributed by atoms with van der Waals surface area (Å²) in [6, 6.07) is 9.76. The highest BCUT2D eigenvalue weighted by molar-refractivity contribution is 5.82. The second-order valence-electron chi connectivity index (χ2n) is 4.11. The Balaban J connectivity index is 2.50. The number of nitrogens with one attached hydrogen (secondary N) is 1. The van der Waals surface area contributed by atoms with Gasteiger partial charge in [0.05, 0.1) is 6.54 Å². The highest BCUT2D eigenvalue weighted by atomic mass is 16.4. The average Bonchev–Trinajstić information content (AvgIpc) is 2.38. The Kier molecular flexibility index (Phi) is 6.32. The first-order valence-corrected chi connectivity index (χ1v) is 5.97. The van der Waals surface area contributed by atoms with Gasteiger partial charge in [-0.3, -0.25) is 14.5 Å². The Morgan fingerprint density at radius 2 is 2.00 bits per heavy atom. The first-order valence-electron chi connectivity index (χ1n) is 5.97. The van der Waals surface area contributed by atoms with E-state index < -0.39 is 5.97 Å². The summed E-state index contributed by atoms with van der Waals surface area (Å²) < 4.78 is 0. The van der Waals surface area contributed by atoms with Crippen molar-refractivity contribution in [3.05, 3.63) is 48.6 Å². The van der Waals surface area contributed by atoms with E-state index in [1.165, 1.54) is 0 Å². The smallest absolute Gasteiger partial charge is 0.322 e. The Morgan fingerprint density at radius 3 is 2.58 bits per heavy atom. The molecule has 0 fully saturated rings. The van der Waals surface area contributed by atoms with Crippen LogP contribution in [0.3, 0.4) is 0 Å². The summed E-state index contributed by atoms with van der Waals surface area (Å²) in [5, 5.41) is 10.8. The van der Waals surface area contributed by atoms with Gasteiger partial charge in [0.25, 0.3) is 0 Å². The molecule has 0 saturated carbocycles. The van der Waals surface area contributed by atoms with Crippen LogP contribution in [0.15, 0.2) is 43.0 Å². The van der Waals surface area contributed by atoms with E-state index >= 15 is 0 Å². The van der Waals surface area contributed by atoms with Crippen LogP contribution in [0.5, 0.6) is 0 Å². The van der Waals surface area contributed by atoms with Gasteiger partial charge in [-0.15, -0.1) is 6.58 Å². The molecule has 0 bridgehead atoms. The van der Waals surface area contributed by atoms with Gasteiger partial charge in [0.1, 0.15) is 6.54 Å². The lowest BCUT2D eigenvalue weighted by Crippen LogP contribution is -2.39. The summed E-state index contributed by atoms with van der Waals surface area (Å²) in [6.07, 6.45) is 1.72. The predicted molar refractivity (Wildman–Crippen MR) is 72.6 cm³/mol. The molecule has 1 amide bonds. The molecule has 0 saturated heterocycles. The molecular formula is C14H18N2O3. The van der Waals surface area contributed by atoms with Crippen molar-refractivity contribution in [3.8, 4) is 0 Å². The Morgan fingerprint density at radius 1 is 1.32 bits per heavy atom. The highest BCUT2D eigenvalue weighted by Crippen LogP contribution is 2.03. The lowest BCUT2D eigenvalue weighted by atomic mass is 10.2. The number of hydrogen-bond acceptors (Lipinski definition) is 3. The number of nitrogens with zero attached hydrogens (tertiary/aromatic N) is 1. The van der Waals surface area contributed by atoms with Crippen molar-refractivity contribution in [3.63, 3.8) is 0 Å². The summed E-state index contributed by atoms with van der Waals surface area (Å²) in [6.45, 7) is 4.63. The number of benzene rings is 1. The molecular weight excluding hydrogens is 244 g/mol. The molecule has 102 valence electrons. The lowest BCUT2D eigenvalue weighted by Gasteiger charge is -2.19. The maximum Gasteiger partial charge on any atom is 0.322 e. The van der Waals surface area contributed by atoms with E-state index in [0.29, 0.717) is 13.1 Å². The number of amides is 1. The molecule has 0 radical (unpaired) electrons. The summed E-state index contributed by atoms with van der Waals surface area (Å²) >= 11 is 0. The van der Waals surface area contributed by atoms with Gasteiger partial charge in [0.15, 0.2) is 0 Å². The Hall–Kier alpha value is -2.14. The second kappa shape index (κ2) is 8.05. The minimum atomic E-state index is -1.05. The predicted octanol–water partition coefficient (Wildman–Crippen LogP) is 0.875. The van der Waals surface area contributed by atoms with Crippen molar-refractivity contribution in [1.29, 1.82) is 0 Å². The van der Waals surface area contributed by atoms with Gasteiger partial charge in [-0.05, 0) is 5.56 Å². The van der Waals surface area contributed by atoms with E-state index in [0.717, 1.165) is 5.56 Å².